The summed E-state index contributed by atoms with van der Waals surface area (Å²) in [7, 11) is 0. The summed E-state index contributed by atoms with van der Waals surface area (Å²) in [5.74, 6) is -1.21. The summed E-state index contributed by atoms with van der Waals surface area (Å²) < 4.78 is 5.62. The lowest BCUT2D eigenvalue weighted by molar-refractivity contribution is 0.0473. The fraction of sp³-hybridized carbons (Fsp3) is 0.156. The first-order valence-corrected chi connectivity index (χ1v) is 13.1. The van der Waals surface area contributed by atoms with Crippen molar-refractivity contribution in [1.82, 2.24) is 10.3 Å². The minimum atomic E-state index is -0.641. The first-order chi connectivity index (χ1) is 19.7. The Morgan fingerprint density at radius 1 is 0.878 bits per heavy atom. The van der Waals surface area contributed by atoms with Crippen molar-refractivity contribution in [1.29, 1.82) is 5.41 Å². The average molecular weight is 550 g/mol. The van der Waals surface area contributed by atoms with Crippen molar-refractivity contribution < 1.29 is 19.1 Å². The number of hydrogen-bond acceptors (Lipinski definition) is 6. The molecule has 5 N–H and O–H groups in total. The highest BCUT2D eigenvalue weighted by molar-refractivity contribution is 6.11. The van der Waals surface area contributed by atoms with Crippen LogP contribution in [-0.4, -0.2) is 35.1 Å². The highest BCUT2D eigenvalue weighted by Crippen LogP contribution is 2.29. The Morgan fingerprint density at radius 3 is 2.27 bits per heavy atom. The van der Waals surface area contributed by atoms with Gasteiger partial charge in [-0.15, -0.1) is 0 Å². The number of amidine groups is 1. The van der Waals surface area contributed by atoms with Gasteiger partial charge in [-0.25, -0.2) is 4.79 Å². The van der Waals surface area contributed by atoms with E-state index < -0.39 is 11.9 Å². The monoisotopic (exact) mass is 549 g/mol. The summed E-state index contributed by atoms with van der Waals surface area (Å²) in [6, 6.07) is 22.1. The molecule has 0 spiro atoms. The van der Waals surface area contributed by atoms with Crippen LogP contribution in [0.4, 0.5) is 5.69 Å². The fourth-order valence-corrected chi connectivity index (χ4v) is 4.03. The zero-order chi connectivity index (χ0) is 29.4. The van der Waals surface area contributed by atoms with E-state index in [2.05, 4.69) is 15.6 Å². The van der Waals surface area contributed by atoms with E-state index in [1.165, 1.54) is 18.5 Å². The van der Waals surface area contributed by atoms with Crippen molar-refractivity contribution in [2.45, 2.75) is 20.5 Å². The molecule has 0 bridgehead atoms. The van der Waals surface area contributed by atoms with Gasteiger partial charge in [-0.05, 0) is 59.5 Å². The molecule has 208 valence electrons. The lowest BCUT2D eigenvalue weighted by atomic mass is 9.94. The topological polar surface area (TPSA) is 147 Å². The van der Waals surface area contributed by atoms with E-state index in [0.29, 0.717) is 34.5 Å². The van der Waals surface area contributed by atoms with E-state index in [-0.39, 0.29) is 35.4 Å². The Balaban J connectivity index is 1.68. The smallest absolute Gasteiger partial charge is 0.339 e. The quantitative estimate of drug-likeness (QED) is 0.124. The summed E-state index contributed by atoms with van der Waals surface area (Å²) in [4.78, 5) is 43.8. The molecule has 0 radical (unpaired) electrons. The number of carbonyl (C=O) groups is 3. The maximum Gasteiger partial charge on any atom is 0.339 e. The van der Waals surface area contributed by atoms with Crippen molar-refractivity contribution >= 4 is 29.3 Å². The lowest BCUT2D eigenvalue weighted by Gasteiger charge is -2.15. The molecule has 0 saturated heterocycles. The zero-order valence-electron chi connectivity index (χ0n) is 22.8. The second-order valence-corrected chi connectivity index (χ2v) is 9.79. The van der Waals surface area contributed by atoms with E-state index in [1.54, 1.807) is 42.5 Å². The number of aromatic nitrogens is 1. The van der Waals surface area contributed by atoms with Crippen LogP contribution in [0, 0.1) is 11.3 Å². The average Bonchev–Trinajstić information content (AvgIpc) is 2.99. The number of rotatable bonds is 10. The molecule has 0 aliphatic heterocycles. The Morgan fingerprint density at radius 2 is 1.59 bits per heavy atom. The van der Waals surface area contributed by atoms with Crippen molar-refractivity contribution in [3.05, 3.63) is 119 Å². The zero-order valence-corrected chi connectivity index (χ0v) is 22.8. The van der Waals surface area contributed by atoms with Gasteiger partial charge in [-0.3, -0.25) is 20.0 Å². The molecule has 0 unspecified atom stereocenters. The fourth-order valence-electron chi connectivity index (χ4n) is 4.03. The third-order valence-electron chi connectivity index (χ3n) is 6.19. The second kappa shape index (κ2) is 13.2. The van der Waals surface area contributed by atoms with Crippen molar-refractivity contribution in [2.24, 2.45) is 11.7 Å². The van der Waals surface area contributed by atoms with Crippen LogP contribution in [0.1, 0.15) is 56.0 Å². The Labute approximate surface area is 238 Å². The maximum atomic E-state index is 13.4. The minimum Gasteiger partial charge on any atom is -0.457 e. The van der Waals surface area contributed by atoms with Crippen LogP contribution in [0.5, 0.6) is 0 Å². The number of pyridine rings is 1. The van der Waals surface area contributed by atoms with Crippen molar-refractivity contribution in [2.75, 3.05) is 11.9 Å². The highest BCUT2D eigenvalue weighted by atomic mass is 16.5. The standard InChI is InChI=1S/C32H31N5O4/c1-20(2)17-36-30(38)23-10-13-25(27(16-23)32(40)41-19-21-6-4-3-5-7-21)28-18-35-15-14-26(28)31(39)37-24-11-8-22(9-12-24)29(33)34/h3-16,18,20H,17,19H2,1-2H3,(H3,33,34)(H,36,38)(H,37,39). The number of esters is 1. The molecule has 4 aromatic rings. The largest absolute Gasteiger partial charge is 0.457 e. The molecule has 9 nitrogen and oxygen atoms in total. The molecular formula is C32H31N5O4. The molecule has 1 aromatic heterocycles. The van der Waals surface area contributed by atoms with E-state index in [9.17, 15) is 14.4 Å². The van der Waals surface area contributed by atoms with Gasteiger partial charge in [0.05, 0.1) is 11.1 Å². The van der Waals surface area contributed by atoms with Gasteiger partial charge in [-0.1, -0.05) is 50.2 Å². The lowest BCUT2D eigenvalue weighted by Crippen LogP contribution is -2.27. The number of carbonyl (C=O) groups excluding carboxylic acids is 3. The Hall–Kier alpha value is -5.31. The number of benzene rings is 3. The predicted octanol–water partition coefficient (Wildman–Crippen LogP) is 5.03. The molecule has 41 heavy (non-hydrogen) atoms. The maximum absolute atomic E-state index is 13.4. The number of nitrogen functional groups attached to an aromatic ring is 1. The first kappa shape index (κ1) is 28.7. The van der Waals surface area contributed by atoms with Crippen molar-refractivity contribution in [3.63, 3.8) is 0 Å². The van der Waals surface area contributed by atoms with Crippen LogP contribution in [0.25, 0.3) is 11.1 Å². The van der Waals surface area contributed by atoms with Crippen molar-refractivity contribution in [3.8, 4) is 11.1 Å². The SMILES string of the molecule is CC(C)CNC(=O)c1ccc(-c2cnccc2C(=O)Nc2ccc(C(=N)N)cc2)c(C(=O)OCc2ccccc2)c1. The predicted molar refractivity (Wildman–Crippen MR) is 158 cm³/mol. The highest BCUT2D eigenvalue weighted by Gasteiger charge is 2.22. The van der Waals surface area contributed by atoms with Crippen LogP contribution in [-0.2, 0) is 11.3 Å². The number of anilines is 1. The minimum absolute atomic E-state index is 0.0412. The number of nitrogens with zero attached hydrogens (tertiary/aromatic N) is 1. The summed E-state index contributed by atoms with van der Waals surface area (Å²) in [5, 5.41) is 13.2. The Bertz CT molecular complexity index is 1570. The van der Waals surface area contributed by atoms with E-state index in [0.717, 1.165) is 5.56 Å². The molecule has 0 fully saturated rings. The third kappa shape index (κ3) is 7.42. The molecule has 2 amide bonds. The molecule has 1 heterocycles. The molecule has 0 aliphatic carbocycles. The van der Waals surface area contributed by atoms with Crippen LogP contribution in [0.15, 0.2) is 91.3 Å². The number of ether oxygens (including phenoxy) is 1. The summed E-state index contributed by atoms with van der Waals surface area (Å²) in [6.45, 7) is 4.50. The third-order valence-corrected chi connectivity index (χ3v) is 6.19. The van der Waals surface area contributed by atoms with Crippen LogP contribution < -0.4 is 16.4 Å². The number of amides is 2. The van der Waals surface area contributed by atoms with Crippen LogP contribution >= 0.6 is 0 Å². The molecule has 0 saturated carbocycles. The van der Waals surface area contributed by atoms with E-state index in [4.69, 9.17) is 15.9 Å². The van der Waals surface area contributed by atoms with Crippen LogP contribution in [0.3, 0.4) is 0 Å². The molecular weight excluding hydrogens is 518 g/mol. The van der Waals surface area contributed by atoms with E-state index in [1.807, 2.05) is 44.2 Å². The molecule has 0 atom stereocenters. The second-order valence-electron chi connectivity index (χ2n) is 9.79. The van der Waals surface area contributed by atoms with Gasteiger partial charge >= 0.3 is 5.97 Å². The summed E-state index contributed by atoms with van der Waals surface area (Å²) >= 11 is 0. The number of nitrogens with two attached hydrogens (primary N) is 1. The normalized spacial score (nSPS) is 10.6. The molecule has 0 aliphatic rings. The molecule has 4 rings (SSSR count). The van der Waals surface area contributed by atoms with Gasteiger partial charge in [0.25, 0.3) is 11.8 Å². The first-order valence-electron chi connectivity index (χ1n) is 13.1. The number of nitrogens with one attached hydrogen (secondary N) is 3. The Kier molecular flexibility index (Phi) is 9.21. The van der Waals surface area contributed by atoms with Gasteiger partial charge < -0.3 is 21.1 Å². The van der Waals surface area contributed by atoms with Gasteiger partial charge in [-0.2, -0.15) is 0 Å². The van der Waals surface area contributed by atoms with Gasteiger partial charge in [0.2, 0.25) is 0 Å². The van der Waals surface area contributed by atoms with Gasteiger partial charge in [0, 0.05) is 41.3 Å². The molecule has 3 aromatic carbocycles. The van der Waals surface area contributed by atoms with Crippen LogP contribution in [0.2, 0.25) is 0 Å². The summed E-state index contributed by atoms with van der Waals surface area (Å²) in [6.07, 6.45) is 2.98. The van der Waals surface area contributed by atoms with E-state index >= 15 is 0 Å². The molecule has 9 heteroatoms. The van der Waals surface area contributed by atoms with Gasteiger partial charge in [0.15, 0.2) is 0 Å². The number of hydrogen-bond donors (Lipinski definition) is 4. The summed E-state index contributed by atoms with van der Waals surface area (Å²) in [5.41, 5.74) is 8.85. The van der Waals surface area contributed by atoms with Gasteiger partial charge in [0.1, 0.15) is 12.4 Å².